The van der Waals surface area contributed by atoms with Gasteiger partial charge in [-0.15, -0.1) is 0 Å². The smallest absolute Gasteiger partial charge is 0.258 e. The van der Waals surface area contributed by atoms with Crippen molar-refractivity contribution in [2.45, 2.75) is 18.9 Å². The summed E-state index contributed by atoms with van der Waals surface area (Å²) in [6.45, 7) is 1.17. The number of aromatic nitrogens is 3. The number of fused-ring (bicyclic) bond motifs is 2. The van der Waals surface area contributed by atoms with E-state index in [4.69, 9.17) is 9.47 Å². The first-order valence-electron chi connectivity index (χ1n) is 8.29. The molecule has 25 heavy (non-hydrogen) atoms. The second-order valence-electron chi connectivity index (χ2n) is 6.26. The zero-order chi connectivity index (χ0) is 16.8. The molecule has 2 aromatic heterocycles. The number of pyridine rings is 1. The molecule has 126 valence electrons. The average Bonchev–Trinajstić information content (AvgIpc) is 3.30. The standard InChI is InChI=1S/C18H16N4O3/c23-18-12-7-17(19-8-13(12)20-9-21-18)22-5-1-2-14(22)11-3-4-15-16(6-11)25-10-24-15/h3-4,6-9,14H,1-2,5,10H2,(H,20,21,23)/t14-/m1/s1. The molecule has 1 N–H and O–H groups in total. The maximum atomic E-state index is 12.1. The maximum absolute atomic E-state index is 12.1. The van der Waals surface area contributed by atoms with Crippen molar-refractivity contribution in [3.8, 4) is 11.5 Å². The first kappa shape index (κ1) is 14.3. The van der Waals surface area contributed by atoms with Crippen LogP contribution in [0.25, 0.3) is 10.9 Å². The third-order valence-electron chi connectivity index (χ3n) is 4.84. The number of rotatable bonds is 2. The van der Waals surface area contributed by atoms with Crippen molar-refractivity contribution in [1.82, 2.24) is 15.0 Å². The van der Waals surface area contributed by atoms with Gasteiger partial charge in [0.15, 0.2) is 11.5 Å². The molecule has 2 aliphatic rings. The molecule has 1 saturated heterocycles. The number of nitrogens with zero attached hydrogens (tertiary/aromatic N) is 3. The number of aromatic amines is 1. The van der Waals surface area contributed by atoms with E-state index in [0.29, 0.717) is 10.9 Å². The number of hydrogen-bond acceptors (Lipinski definition) is 6. The second kappa shape index (κ2) is 5.47. The molecule has 4 heterocycles. The van der Waals surface area contributed by atoms with Gasteiger partial charge in [0.25, 0.3) is 5.56 Å². The number of nitrogens with one attached hydrogen (secondary N) is 1. The minimum Gasteiger partial charge on any atom is -0.454 e. The predicted molar refractivity (Wildman–Crippen MR) is 92.0 cm³/mol. The summed E-state index contributed by atoms with van der Waals surface area (Å²) in [5.41, 5.74) is 1.63. The number of benzene rings is 1. The highest BCUT2D eigenvalue weighted by Gasteiger charge is 2.29. The minimum absolute atomic E-state index is 0.146. The molecule has 2 aliphatic heterocycles. The molecule has 1 fully saturated rings. The number of anilines is 1. The van der Waals surface area contributed by atoms with E-state index in [0.717, 1.165) is 36.7 Å². The van der Waals surface area contributed by atoms with Crippen LogP contribution in [0.5, 0.6) is 11.5 Å². The molecule has 3 aromatic rings. The Morgan fingerprint density at radius 2 is 2.08 bits per heavy atom. The van der Waals surface area contributed by atoms with Gasteiger partial charge in [-0.3, -0.25) is 4.79 Å². The van der Waals surface area contributed by atoms with Gasteiger partial charge in [-0.2, -0.15) is 0 Å². The highest BCUT2D eigenvalue weighted by Crippen LogP contribution is 2.40. The lowest BCUT2D eigenvalue weighted by molar-refractivity contribution is 0.174. The van der Waals surface area contributed by atoms with Crippen LogP contribution in [0.2, 0.25) is 0 Å². The van der Waals surface area contributed by atoms with E-state index in [1.165, 1.54) is 11.9 Å². The summed E-state index contributed by atoms with van der Waals surface area (Å²) in [4.78, 5) is 25.6. The summed E-state index contributed by atoms with van der Waals surface area (Å²) in [5, 5.41) is 0.559. The molecule has 0 bridgehead atoms. The van der Waals surface area contributed by atoms with E-state index in [1.807, 2.05) is 18.2 Å². The Morgan fingerprint density at radius 1 is 1.16 bits per heavy atom. The molecule has 0 aliphatic carbocycles. The van der Waals surface area contributed by atoms with Gasteiger partial charge in [-0.1, -0.05) is 6.07 Å². The van der Waals surface area contributed by atoms with Crippen LogP contribution in [0.1, 0.15) is 24.4 Å². The van der Waals surface area contributed by atoms with E-state index in [1.54, 1.807) is 6.20 Å². The molecule has 0 amide bonds. The molecule has 7 nitrogen and oxygen atoms in total. The second-order valence-corrected chi connectivity index (χ2v) is 6.26. The van der Waals surface area contributed by atoms with Crippen LogP contribution < -0.4 is 19.9 Å². The molecule has 5 rings (SSSR count). The lowest BCUT2D eigenvalue weighted by Gasteiger charge is -2.26. The van der Waals surface area contributed by atoms with Crippen LogP contribution in [0.3, 0.4) is 0 Å². The van der Waals surface area contributed by atoms with Gasteiger partial charge in [0, 0.05) is 6.54 Å². The van der Waals surface area contributed by atoms with Crippen LogP contribution in [-0.4, -0.2) is 28.3 Å². The molecule has 7 heteroatoms. The highest BCUT2D eigenvalue weighted by atomic mass is 16.7. The summed E-state index contributed by atoms with van der Waals surface area (Å²) in [7, 11) is 0. The van der Waals surface area contributed by atoms with Crippen molar-refractivity contribution < 1.29 is 9.47 Å². The average molecular weight is 336 g/mol. The fraction of sp³-hybridized carbons (Fsp3) is 0.278. The summed E-state index contributed by atoms with van der Waals surface area (Å²) in [6, 6.07) is 8.10. The Balaban J connectivity index is 1.55. The summed E-state index contributed by atoms with van der Waals surface area (Å²) in [5.74, 6) is 2.37. The Bertz CT molecular complexity index is 1020. The van der Waals surface area contributed by atoms with Crippen LogP contribution in [0.15, 0.2) is 41.6 Å². The topological polar surface area (TPSA) is 80.3 Å². The van der Waals surface area contributed by atoms with Gasteiger partial charge >= 0.3 is 0 Å². The van der Waals surface area contributed by atoms with Crippen LogP contribution in [-0.2, 0) is 0 Å². The predicted octanol–water partition coefficient (Wildman–Crippen LogP) is 2.39. The Hall–Kier alpha value is -3.09. The van der Waals surface area contributed by atoms with Crippen LogP contribution in [0, 0.1) is 0 Å². The van der Waals surface area contributed by atoms with Crippen LogP contribution in [0.4, 0.5) is 5.82 Å². The van der Waals surface area contributed by atoms with E-state index in [9.17, 15) is 4.79 Å². The van der Waals surface area contributed by atoms with Gasteiger partial charge in [0.1, 0.15) is 5.82 Å². The van der Waals surface area contributed by atoms with E-state index >= 15 is 0 Å². The Morgan fingerprint density at radius 3 is 3.04 bits per heavy atom. The molecule has 0 saturated carbocycles. The largest absolute Gasteiger partial charge is 0.454 e. The molecule has 1 aromatic carbocycles. The third-order valence-corrected chi connectivity index (χ3v) is 4.84. The zero-order valence-electron chi connectivity index (χ0n) is 13.4. The number of hydrogen-bond donors (Lipinski definition) is 1. The summed E-state index contributed by atoms with van der Waals surface area (Å²) < 4.78 is 10.9. The van der Waals surface area contributed by atoms with E-state index < -0.39 is 0 Å². The Kier molecular flexibility index (Phi) is 3.12. The summed E-state index contributed by atoms with van der Waals surface area (Å²) in [6.07, 6.45) is 5.16. The molecule has 0 unspecified atom stereocenters. The van der Waals surface area contributed by atoms with E-state index in [2.05, 4.69) is 25.9 Å². The molecular weight excluding hydrogens is 320 g/mol. The van der Waals surface area contributed by atoms with Gasteiger partial charge in [-0.05, 0) is 36.6 Å². The van der Waals surface area contributed by atoms with Crippen molar-refractivity contribution >= 4 is 16.7 Å². The normalized spacial score (nSPS) is 18.9. The van der Waals surface area contributed by atoms with Gasteiger partial charge in [0.05, 0.1) is 29.5 Å². The van der Waals surface area contributed by atoms with Crippen LogP contribution >= 0.6 is 0 Å². The van der Waals surface area contributed by atoms with E-state index in [-0.39, 0.29) is 18.4 Å². The lowest BCUT2D eigenvalue weighted by atomic mass is 10.0. The van der Waals surface area contributed by atoms with Crippen molar-refractivity contribution in [3.63, 3.8) is 0 Å². The molecule has 0 spiro atoms. The Labute approximate surface area is 143 Å². The first-order chi connectivity index (χ1) is 12.3. The number of ether oxygens (including phenoxy) is 2. The monoisotopic (exact) mass is 336 g/mol. The fourth-order valence-electron chi connectivity index (χ4n) is 3.63. The SMILES string of the molecule is O=c1[nH]cnc2cnc(N3CCC[C@@H]3c3ccc4c(c3)OCO4)cc12. The van der Waals surface area contributed by atoms with Crippen molar-refractivity contribution in [2.24, 2.45) is 0 Å². The first-order valence-corrected chi connectivity index (χ1v) is 8.29. The quantitative estimate of drug-likeness (QED) is 0.774. The van der Waals surface area contributed by atoms with Gasteiger partial charge in [-0.25, -0.2) is 9.97 Å². The minimum atomic E-state index is -0.146. The fourth-order valence-corrected chi connectivity index (χ4v) is 3.63. The van der Waals surface area contributed by atoms with Crippen molar-refractivity contribution in [3.05, 3.63) is 52.7 Å². The van der Waals surface area contributed by atoms with Gasteiger partial charge < -0.3 is 19.4 Å². The zero-order valence-corrected chi connectivity index (χ0v) is 13.4. The molecular formula is C18H16N4O3. The van der Waals surface area contributed by atoms with Gasteiger partial charge in [0.2, 0.25) is 6.79 Å². The van der Waals surface area contributed by atoms with Crippen molar-refractivity contribution in [2.75, 3.05) is 18.2 Å². The number of H-pyrrole nitrogens is 1. The summed E-state index contributed by atoms with van der Waals surface area (Å²) >= 11 is 0. The molecule has 1 atom stereocenters. The molecule has 0 radical (unpaired) electrons. The lowest BCUT2D eigenvalue weighted by Crippen LogP contribution is -2.24. The van der Waals surface area contributed by atoms with Crippen molar-refractivity contribution in [1.29, 1.82) is 0 Å². The maximum Gasteiger partial charge on any atom is 0.258 e. The third kappa shape index (κ3) is 2.31. The highest BCUT2D eigenvalue weighted by molar-refractivity contribution is 5.79.